The molecule has 0 aliphatic carbocycles. The molecule has 0 atom stereocenters. The Balaban J connectivity index is 0.00000200. The molecule has 0 saturated heterocycles. The zero-order chi connectivity index (χ0) is 13.7. The van der Waals surface area contributed by atoms with Crippen LogP contribution < -0.4 is 10.6 Å². The molecule has 1 heterocycles. The van der Waals surface area contributed by atoms with E-state index in [1.54, 1.807) is 0 Å². The van der Waals surface area contributed by atoms with Crippen LogP contribution in [-0.4, -0.2) is 35.1 Å². The molecule has 0 radical (unpaired) electrons. The van der Waals surface area contributed by atoms with Gasteiger partial charge in [0.2, 0.25) is 5.91 Å². The van der Waals surface area contributed by atoms with Gasteiger partial charge in [0.05, 0.1) is 11.0 Å². The van der Waals surface area contributed by atoms with Crippen LogP contribution in [0.1, 0.15) is 12.7 Å². The van der Waals surface area contributed by atoms with E-state index in [0.29, 0.717) is 13.1 Å². The molecule has 0 fully saturated rings. The zero-order valence-electron chi connectivity index (χ0n) is 12.3. The summed E-state index contributed by atoms with van der Waals surface area (Å²) in [5.41, 5.74) is 1.93. The molecule has 2 N–H and O–H groups in total. The van der Waals surface area contributed by atoms with E-state index in [0.717, 1.165) is 29.9 Å². The number of halogens is 2. The molecule has 1 aromatic carbocycles. The van der Waals surface area contributed by atoms with E-state index in [-0.39, 0.29) is 30.7 Å². The van der Waals surface area contributed by atoms with Gasteiger partial charge in [-0.05, 0) is 25.6 Å². The highest BCUT2D eigenvalue weighted by atomic mass is 35.5. The van der Waals surface area contributed by atoms with Crippen molar-refractivity contribution in [3.05, 3.63) is 30.1 Å². The van der Waals surface area contributed by atoms with Gasteiger partial charge in [0.1, 0.15) is 12.4 Å². The topological polar surface area (TPSA) is 58.9 Å². The van der Waals surface area contributed by atoms with E-state index >= 15 is 0 Å². The van der Waals surface area contributed by atoms with Gasteiger partial charge in [0.25, 0.3) is 0 Å². The van der Waals surface area contributed by atoms with E-state index in [1.165, 1.54) is 0 Å². The maximum absolute atomic E-state index is 11.9. The predicted molar refractivity (Wildman–Crippen MR) is 90.5 cm³/mol. The van der Waals surface area contributed by atoms with Crippen molar-refractivity contribution in [1.29, 1.82) is 0 Å². The standard InChI is InChI=1S/C14H20N4O.2ClH/c1-3-15-8-9-16-14(19)10-18-11(2)17-12-6-4-5-7-13(12)18;;/h4-7,15H,3,8-10H2,1-2H3,(H,16,19);2*1H. The number of imidazole rings is 1. The van der Waals surface area contributed by atoms with Gasteiger partial charge in [0.15, 0.2) is 0 Å². The van der Waals surface area contributed by atoms with Crippen LogP contribution in [0.25, 0.3) is 11.0 Å². The van der Waals surface area contributed by atoms with Gasteiger partial charge in [-0.15, -0.1) is 24.8 Å². The van der Waals surface area contributed by atoms with Crippen molar-refractivity contribution in [2.24, 2.45) is 0 Å². The lowest BCUT2D eigenvalue weighted by molar-refractivity contribution is -0.121. The average molecular weight is 333 g/mol. The van der Waals surface area contributed by atoms with Crippen molar-refractivity contribution in [1.82, 2.24) is 20.2 Å². The van der Waals surface area contributed by atoms with Crippen LogP contribution in [0, 0.1) is 6.92 Å². The highest BCUT2D eigenvalue weighted by Crippen LogP contribution is 2.14. The second-order valence-electron chi connectivity index (χ2n) is 4.44. The van der Waals surface area contributed by atoms with Crippen LogP contribution in [0.3, 0.4) is 0 Å². The van der Waals surface area contributed by atoms with Crippen molar-refractivity contribution >= 4 is 41.8 Å². The molecule has 7 heteroatoms. The first-order valence-corrected chi connectivity index (χ1v) is 6.61. The van der Waals surface area contributed by atoms with Crippen LogP contribution in [0.4, 0.5) is 0 Å². The molecule has 1 aromatic heterocycles. The van der Waals surface area contributed by atoms with Crippen LogP contribution in [0.2, 0.25) is 0 Å². The Morgan fingerprint density at radius 1 is 1.24 bits per heavy atom. The van der Waals surface area contributed by atoms with E-state index in [4.69, 9.17) is 0 Å². The van der Waals surface area contributed by atoms with Crippen molar-refractivity contribution in [3.8, 4) is 0 Å². The summed E-state index contributed by atoms with van der Waals surface area (Å²) in [5, 5.41) is 6.07. The number of hydrogen-bond donors (Lipinski definition) is 2. The number of rotatable bonds is 6. The molecule has 2 aromatic rings. The van der Waals surface area contributed by atoms with Crippen molar-refractivity contribution < 1.29 is 4.79 Å². The Bertz CT molecular complexity index is 571. The Labute approximate surface area is 137 Å². The Morgan fingerprint density at radius 3 is 2.67 bits per heavy atom. The van der Waals surface area contributed by atoms with Crippen LogP contribution in [0.15, 0.2) is 24.3 Å². The molecule has 0 unspecified atom stereocenters. The number of aryl methyl sites for hydroxylation is 1. The Hall–Kier alpha value is -1.30. The van der Waals surface area contributed by atoms with Crippen LogP contribution in [-0.2, 0) is 11.3 Å². The van der Waals surface area contributed by atoms with Gasteiger partial charge in [0, 0.05) is 13.1 Å². The fourth-order valence-electron chi connectivity index (χ4n) is 2.06. The van der Waals surface area contributed by atoms with Crippen molar-refractivity contribution in [2.45, 2.75) is 20.4 Å². The summed E-state index contributed by atoms with van der Waals surface area (Å²) < 4.78 is 1.94. The highest BCUT2D eigenvalue weighted by Gasteiger charge is 2.09. The van der Waals surface area contributed by atoms with Crippen LogP contribution >= 0.6 is 24.8 Å². The van der Waals surface area contributed by atoms with Crippen molar-refractivity contribution in [2.75, 3.05) is 19.6 Å². The van der Waals surface area contributed by atoms with Gasteiger partial charge in [-0.2, -0.15) is 0 Å². The largest absolute Gasteiger partial charge is 0.353 e. The smallest absolute Gasteiger partial charge is 0.240 e. The molecule has 0 bridgehead atoms. The maximum atomic E-state index is 11.9. The maximum Gasteiger partial charge on any atom is 0.240 e. The fourth-order valence-corrected chi connectivity index (χ4v) is 2.06. The number of nitrogens with zero attached hydrogens (tertiary/aromatic N) is 2. The quantitative estimate of drug-likeness (QED) is 0.794. The van der Waals surface area contributed by atoms with E-state index in [1.807, 2.05) is 42.7 Å². The number of nitrogens with one attached hydrogen (secondary N) is 2. The molecule has 0 aliphatic rings. The first-order chi connectivity index (χ1) is 9.22. The first kappa shape index (κ1) is 19.7. The summed E-state index contributed by atoms with van der Waals surface area (Å²) in [7, 11) is 0. The molecular formula is C14H22Cl2N4O. The highest BCUT2D eigenvalue weighted by molar-refractivity contribution is 5.85. The van der Waals surface area contributed by atoms with Gasteiger partial charge >= 0.3 is 0 Å². The summed E-state index contributed by atoms with van der Waals surface area (Å²) in [5.74, 6) is 0.882. The summed E-state index contributed by atoms with van der Waals surface area (Å²) in [6.45, 7) is 6.65. The molecule has 0 saturated carbocycles. The number of para-hydroxylation sites is 2. The number of aromatic nitrogens is 2. The molecular weight excluding hydrogens is 311 g/mol. The third kappa shape index (κ3) is 5.19. The number of carbonyl (C=O) groups is 1. The summed E-state index contributed by atoms with van der Waals surface area (Å²) in [6.07, 6.45) is 0. The van der Waals surface area contributed by atoms with Crippen molar-refractivity contribution in [3.63, 3.8) is 0 Å². The third-order valence-corrected chi connectivity index (χ3v) is 3.02. The SMILES string of the molecule is CCNCCNC(=O)Cn1c(C)nc2ccccc21.Cl.Cl. The fraction of sp³-hybridized carbons (Fsp3) is 0.429. The second kappa shape index (κ2) is 9.60. The molecule has 21 heavy (non-hydrogen) atoms. The minimum absolute atomic E-state index is 0. The second-order valence-corrected chi connectivity index (χ2v) is 4.44. The molecule has 5 nitrogen and oxygen atoms in total. The minimum Gasteiger partial charge on any atom is -0.353 e. The zero-order valence-corrected chi connectivity index (χ0v) is 13.9. The number of amides is 1. The van der Waals surface area contributed by atoms with Gasteiger partial charge < -0.3 is 15.2 Å². The monoisotopic (exact) mass is 332 g/mol. The third-order valence-electron chi connectivity index (χ3n) is 3.02. The lowest BCUT2D eigenvalue weighted by Gasteiger charge is -2.08. The molecule has 0 spiro atoms. The van der Waals surface area contributed by atoms with E-state index in [2.05, 4.69) is 15.6 Å². The van der Waals surface area contributed by atoms with Crippen LogP contribution in [0.5, 0.6) is 0 Å². The molecule has 0 aliphatic heterocycles. The predicted octanol–water partition coefficient (Wildman–Crippen LogP) is 1.91. The first-order valence-electron chi connectivity index (χ1n) is 6.61. The molecule has 118 valence electrons. The molecule has 2 rings (SSSR count). The van der Waals surface area contributed by atoms with E-state index < -0.39 is 0 Å². The lowest BCUT2D eigenvalue weighted by atomic mass is 10.3. The van der Waals surface area contributed by atoms with Gasteiger partial charge in [-0.25, -0.2) is 4.98 Å². The summed E-state index contributed by atoms with van der Waals surface area (Å²) >= 11 is 0. The normalized spacial score (nSPS) is 9.81. The summed E-state index contributed by atoms with van der Waals surface area (Å²) in [4.78, 5) is 16.3. The number of carbonyl (C=O) groups excluding carboxylic acids is 1. The summed E-state index contributed by atoms with van der Waals surface area (Å²) in [6, 6.07) is 7.86. The average Bonchev–Trinajstić information content (AvgIpc) is 2.72. The number of fused-ring (bicyclic) bond motifs is 1. The van der Waals surface area contributed by atoms with E-state index in [9.17, 15) is 4.79 Å². The number of hydrogen-bond acceptors (Lipinski definition) is 3. The molecule has 1 amide bonds. The van der Waals surface area contributed by atoms with Gasteiger partial charge in [-0.1, -0.05) is 19.1 Å². The Morgan fingerprint density at radius 2 is 1.95 bits per heavy atom. The number of likely N-dealkylation sites (N-methyl/N-ethyl adjacent to an activating group) is 1. The lowest BCUT2D eigenvalue weighted by Crippen LogP contribution is -2.34. The Kier molecular flexibility index (Phi) is 9.01. The van der Waals surface area contributed by atoms with Gasteiger partial charge in [-0.3, -0.25) is 4.79 Å². The minimum atomic E-state index is 0. The number of benzene rings is 1.